The SMILES string of the molecule is CS(=O)(=O)Cc1ccc(C(=O)N2CC[C@H]3CCCC[C@H]3C2)cc1. The van der Waals surface area contributed by atoms with E-state index in [1.807, 2.05) is 4.90 Å². The third kappa shape index (κ3) is 4.14. The van der Waals surface area contributed by atoms with Crippen molar-refractivity contribution in [2.45, 2.75) is 37.9 Å². The molecule has 0 radical (unpaired) electrons. The van der Waals surface area contributed by atoms with E-state index in [0.29, 0.717) is 11.5 Å². The van der Waals surface area contributed by atoms with Gasteiger partial charge in [-0.25, -0.2) is 8.42 Å². The summed E-state index contributed by atoms with van der Waals surface area (Å²) in [6.45, 7) is 1.74. The smallest absolute Gasteiger partial charge is 0.253 e. The Bertz CT molecular complexity index is 666. The van der Waals surface area contributed by atoms with Gasteiger partial charge >= 0.3 is 0 Å². The normalized spacial score (nSPS) is 25.0. The topological polar surface area (TPSA) is 54.5 Å². The lowest BCUT2D eigenvalue weighted by Crippen LogP contribution is -2.44. The van der Waals surface area contributed by atoms with Crippen LogP contribution in [0, 0.1) is 11.8 Å². The molecule has 0 bridgehead atoms. The summed E-state index contributed by atoms with van der Waals surface area (Å²) >= 11 is 0. The predicted octanol–water partition coefficient (Wildman–Crippen LogP) is 2.88. The molecule has 1 aromatic carbocycles. The second-order valence-electron chi connectivity index (χ2n) is 7.11. The van der Waals surface area contributed by atoms with Gasteiger partial charge in [0.1, 0.15) is 0 Å². The van der Waals surface area contributed by atoms with Crippen LogP contribution in [-0.4, -0.2) is 38.6 Å². The highest BCUT2D eigenvalue weighted by Gasteiger charge is 2.33. The van der Waals surface area contributed by atoms with Crippen LogP contribution in [0.2, 0.25) is 0 Å². The molecule has 23 heavy (non-hydrogen) atoms. The van der Waals surface area contributed by atoms with Gasteiger partial charge in [-0.05, 0) is 42.4 Å². The molecule has 0 N–H and O–H groups in total. The Morgan fingerprint density at radius 2 is 1.74 bits per heavy atom. The molecule has 1 aromatic rings. The van der Waals surface area contributed by atoms with Crippen molar-refractivity contribution in [2.75, 3.05) is 19.3 Å². The van der Waals surface area contributed by atoms with Crippen molar-refractivity contribution in [3.63, 3.8) is 0 Å². The molecule has 2 fully saturated rings. The highest BCUT2D eigenvalue weighted by molar-refractivity contribution is 7.89. The van der Waals surface area contributed by atoms with Crippen molar-refractivity contribution >= 4 is 15.7 Å². The van der Waals surface area contributed by atoms with Crippen molar-refractivity contribution in [2.24, 2.45) is 11.8 Å². The van der Waals surface area contributed by atoms with Gasteiger partial charge in [0.25, 0.3) is 5.91 Å². The van der Waals surface area contributed by atoms with Gasteiger partial charge < -0.3 is 4.90 Å². The summed E-state index contributed by atoms with van der Waals surface area (Å²) in [6, 6.07) is 7.02. The number of carbonyl (C=O) groups is 1. The number of hydrogen-bond acceptors (Lipinski definition) is 3. The molecule has 4 nitrogen and oxygen atoms in total. The summed E-state index contributed by atoms with van der Waals surface area (Å²) in [5, 5.41) is 0. The van der Waals surface area contributed by atoms with Crippen molar-refractivity contribution in [1.82, 2.24) is 4.90 Å². The minimum atomic E-state index is -3.04. The zero-order chi connectivity index (χ0) is 16.4. The van der Waals surface area contributed by atoms with Crippen LogP contribution in [0.4, 0.5) is 0 Å². The Morgan fingerprint density at radius 1 is 1.09 bits per heavy atom. The van der Waals surface area contributed by atoms with E-state index in [-0.39, 0.29) is 11.7 Å². The second-order valence-corrected chi connectivity index (χ2v) is 9.25. The van der Waals surface area contributed by atoms with Crippen molar-refractivity contribution in [1.29, 1.82) is 0 Å². The average molecular weight is 335 g/mol. The lowest BCUT2D eigenvalue weighted by molar-refractivity contribution is 0.0521. The Hall–Kier alpha value is -1.36. The van der Waals surface area contributed by atoms with E-state index in [9.17, 15) is 13.2 Å². The average Bonchev–Trinajstić information content (AvgIpc) is 2.53. The van der Waals surface area contributed by atoms with Crippen molar-refractivity contribution in [3.8, 4) is 0 Å². The number of amides is 1. The molecule has 126 valence electrons. The fraction of sp³-hybridized carbons (Fsp3) is 0.611. The maximum atomic E-state index is 12.7. The first-order chi connectivity index (χ1) is 10.9. The maximum Gasteiger partial charge on any atom is 0.253 e. The van der Waals surface area contributed by atoms with E-state index in [0.717, 1.165) is 31.0 Å². The molecule has 1 amide bonds. The molecule has 0 spiro atoms. The number of likely N-dealkylation sites (tertiary alicyclic amines) is 1. The van der Waals surface area contributed by atoms with Gasteiger partial charge in [0.2, 0.25) is 0 Å². The van der Waals surface area contributed by atoms with Gasteiger partial charge in [0, 0.05) is 24.9 Å². The minimum absolute atomic E-state index is 0.0228. The Kier molecular flexibility index (Phi) is 4.76. The summed E-state index contributed by atoms with van der Waals surface area (Å²) in [6.07, 6.45) is 7.57. The molecule has 2 aliphatic rings. The molecule has 1 aliphatic heterocycles. The zero-order valence-corrected chi connectivity index (χ0v) is 14.5. The standard InChI is InChI=1S/C18H25NO3S/c1-23(21,22)13-14-6-8-16(9-7-14)18(20)19-11-10-15-4-2-3-5-17(15)12-19/h6-9,15,17H,2-5,10-13H2,1H3/t15-,17+/m1/s1. The molecular formula is C18H25NO3S. The monoisotopic (exact) mass is 335 g/mol. The largest absolute Gasteiger partial charge is 0.338 e. The lowest BCUT2D eigenvalue weighted by Gasteiger charge is -2.41. The van der Waals surface area contributed by atoms with Gasteiger partial charge in [0.05, 0.1) is 5.75 Å². The number of piperidine rings is 1. The maximum absolute atomic E-state index is 12.7. The third-order valence-corrected chi connectivity index (χ3v) is 6.07. The van der Waals surface area contributed by atoms with Crippen LogP contribution in [0.3, 0.4) is 0 Å². The molecule has 5 heteroatoms. The fourth-order valence-electron chi connectivity index (χ4n) is 4.01. The van der Waals surface area contributed by atoms with E-state index >= 15 is 0 Å². The number of carbonyl (C=O) groups excluding carboxylic acids is 1. The Morgan fingerprint density at radius 3 is 2.39 bits per heavy atom. The van der Waals surface area contributed by atoms with Crippen LogP contribution in [-0.2, 0) is 15.6 Å². The number of benzene rings is 1. The number of nitrogens with zero attached hydrogens (tertiary/aromatic N) is 1. The third-order valence-electron chi connectivity index (χ3n) is 5.21. The lowest BCUT2D eigenvalue weighted by atomic mass is 9.75. The van der Waals surface area contributed by atoms with Gasteiger partial charge in [-0.3, -0.25) is 4.79 Å². The first kappa shape index (κ1) is 16.5. The van der Waals surface area contributed by atoms with E-state index < -0.39 is 9.84 Å². The Balaban J connectivity index is 1.66. The van der Waals surface area contributed by atoms with E-state index in [1.165, 1.54) is 31.9 Å². The quantitative estimate of drug-likeness (QED) is 0.853. The number of fused-ring (bicyclic) bond motifs is 1. The molecule has 2 atom stereocenters. The number of hydrogen-bond donors (Lipinski definition) is 0. The summed E-state index contributed by atoms with van der Waals surface area (Å²) in [5.74, 6) is 1.59. The van der Waals surface area contributed by atoms with E-state index in [4.69, 9.17) is 0 Å². The molecule has 1 aliphatic carbocycles. The number of rotatable bonds is 3. The molecular weight excluding hydrogens is 310 g/mol. The molecule has 3 rings (SSSR count). The van der Waals surface area contributed by atoms with Gasteiger partial charge in [-0.1, -0.05) is 31.4 Å². The van der Waals surface area contributed by atoms with Crippen molar-refractivity contribution < 1.29 is 13.2 Å². The fourth-order valence-corrected chi connectivity index (χ4v) is 4.81. The van der Waals surface area contributed by atoms with Crippen LogP contribution in [0.1, 0.15) is 48.0 Å². The highest BCUT2D eigenvalue weighted by atomic mass is 32.2. The van der Waals surface area contributed by atoms with Gasteiger partial charge in [-0.2, -0.15) is 0 Å². The molecule has 0 unspecified atom stereocenters. The van der Waals surface area contributed by atoms with E-state index in [1.54, 1.807) is 24.3 Å². The highest BCUT2D eigenvalue weighted by Crippen LogP contribution is 2.36. The second kappa shape index (κ2) is 6.63. The number of sulfone groups is 1. The van der Waals surface area contributed by atoms with Crippen LogP contribution in [0.15, 0.2) is 24.3 Å². The van der Waals surface area contributed by atoms with E-state index in [2.05, 4.69) is 0 Å². The van der Waals surface area contributed by atoms with Crippen molar-refractivity contribution in [3.05, 3.63) is 35.4 Å². The minimum Gasteiger partial charge on any atom is -0.338 e. The molecule has 1 saturated carbocycles. The summed E-state index contributed by atoms with van der Waals surface area (Å²) in [5.41, 5.74) is 1.39. The molecule has 1 heterocycles. The van der Waals surface area contributed by atoms with Crippen LogP contribution < -0.4 is 0 Å². The first-order valence-corrected chi connectivity index (χ1v) is 10.5. The summed E-state index contributed by atoms with van der Waals surface area (Å²) in [4.78, 5) is 14.7. The van der Waals surface area contributed by atoms with Gasteiger partial charge in [0.15, 0.2) is 9.84 Å². The zero-order valence-electron chi connectivity index (χ0n) is 13.7. The summed E-state index contributed by atoms with van der Waals surface area (Å²) < 4.78 is 22.7. The van der Waals surface area contributed by atoms with Crippen LogP contribution in [0.25, 0.3) is 0 Å². The molecule has 1 saturated heterocycles. The predicted molar refractivity (Wildman–Crippen MR) is 91.0 cm³/mol. The Labute approximate surface area is 138 Å². The van der Waals surface area contributed by atoms with Crippen LogP contribution in [0.5, 0.6) is 0 Å². The van der Waals surface area contributed by atoms with Crippen LogP contribution >= 0.6 is 0 Å². The molecule has 0 aromatic heterocycles. The first-order valence-electron chi connectivity index (χ1n) is 8.48. The van der Waals surface area contributed by atoms with Gasteiger partial charge in [-0.15, -0.1) is 0 Å². The summed E-state index contributed by atoms with van der Waals surface area (Å²) in [7, 11) is -3.04.